The number of hydrogen-bond donors (Lipinski definition) is 2. The van der Waals surface area contributed by atoms with Crippen LogP contribution in [0.25, 0.3) is 0 Å². The molecule has 1 heterocycles. The standard InChI is InChI=1S/C14H20O6/c15-13-8-14(16)12-7-11(13)9-19-5-3-17-1-2-18-4-6-20-10-12/h7-8,15-16H,1-6,9-10H2. The van der Waals surface area contributed by atoms with Gasteiger partial charge in [0.25, 0.3) is 0 Å². The number of rotatable bonds is 0. The Morgan fingerprint density at radius 2 is 1.00 bits per heavy atom. The maximum atomic E-state index is 9.77. The fourth-order valence-corrected chi connectivity index (χ4v) is 1.83. The van der Waals surface area contributed by atoms with Gasteiger partial charge in [-0.1, -0.05) is 0 Å². The summed E-state index contributed by atoms with van der Waals surface area (Å²) in [7, 11) is 0. The van der Waals surface area contributed by atoms with Gasteiger partial charge in [0.1, 0.15) is 11.5 Å². The summed E-state index contributed by atoms with van der Waals surface area (Å²) < 4.78 is 21.5. The van der Waals surface area contributed by atoms with Gasteiger partial charge in [0.15, 0.2) is 0 Å². The van der Waals surface area contributed by atoms with Crippen LogP contribution in [-0.4, -0.2) is 49.9 Å². The van der Waals surface area contributed by atoms with E-state index in [4.69, 9.17) is 18.9 Å². The van der Waals surface area contributed by atoms with Gasteiger partial charge in [-0.05, 0) is 6.07 Å². The Kier molecular flexibility index (Phi) is 6.07. The van der Waals surface area contributed by atoms with Crippen LogP contribution >= 0.6 is 0 Å². The normalized spacial score (nSPS) is 19.0. The number of hydrogen-bond acceptors (Lipinski definition) is 6. The number of ether oxygens (including phenoxy) is 4. The van der Waals surface area contributed by atoms with E-state index in [2.05, 4.69) is 0 Å². The third-order valence-corrected chi connectivity index (χ3v) is 2.91. The Morgan fingerprint density at radius 1 is 0.600 bits per heavy atom. The van der Waals surface area contributed by atoms with Gasteiger partial charge in [0.05, 0.1) is 52.9 Å². The zero-order valence-electron chi connectivity index (χ0n) is 11.3. The molecule has 0 unspecified atom stereocenters. The number of phenols is 2. The van der Waals surface area contributed by atoms with Crippen LogP contribution in [0.2, 0.25) is 0 Å². The summed E-state index contributed by atoms with van der Waals surface area (Å²) >= 11 is 0. The zero-order chi connectivity index (χ0) is 14.2. The first-order chi connectivity index (χ1) is 9.77. The molecule has 2 bridgehead atoms. The lowest BCUT2D eigenvalue weighted by Crippen LogP contribution is -2.11. The molecule has 1 aliphatic heterocycles. The van der Waals surface area contributed by atoms with E-state index in [-0.39, 0.29) is 24.7 Å². The van der Waals surface area contributed by atoms with Crippen molar-refractivity contribution in [3.63, 3.8) is 0 Å². The van der Waals surface area contributed by atoms with Crippen molar-refractivity contribution in [3.05, 3.63) is 23.3 Å². The van der Waals surface area contributed by atoms with Gasteiger partial charge >= 0.3 is 0 Å². The molecule has 112 valence electrons. The molecular weight excluding hydrogens is 264 g/mol. The average Bonchev–Trinajstić information content (AvgIpc) is 2.43. The van der Waals surface area contributed by atoms with Gasteiger partial charge in [-0.25, -0.2) is 0 Å². The highest BCUT2D eigenvalue weighted by molar-refractivity contribution is 5.44. The molecule has 0 aliphatic carbocycles. The molecule has 1 aliphatic rings. The highest BCUT2D eigenvalue weighted by Crippen LogP contribution is 2.28. The second-order valence-corrected chi connectivity index (χ2v) is 4.44. The maximum absolute atomic E-state index is 9.77. The SMILES string of the molecule is Oc1cc(O)c2cc1COCCOCCOCCOC2. The van der Waals surface area contributed by atoms with E-state index in [0.717, 1.165) is 0 Å². The summed E-state index contributed by atoms with van der Waals surface area (Å²) in [5.41, 5.74) is 1.24. The molecular formula is C14H20O6. The first-order valence-electron chi connectivity index (χ1n) is 6.62. The third kappa shape index (κ3) is 4.64. The predicted octanol–water partition coefficient (Wildman–Crippen LogP) is 1.18. The molecule has 0 saturated heterocycles. The van der Waals surface area contributed by atoms with Crippen LogP contribution in [-0.2, 0) is 32.2 Å². The minimum absolute atomic E-state index is 0.0137. The van der Waals surface area contributed by atoms with Gasteiger partial charge in [0.2, 0.25) is 0 Å². The quantitative estimate of drug-likeness (QED) is 0.745. The average molecular weight is 284 g/mol. The van der Waals surface area contributed by atoms with Gasteiger partial charge in [-0.15, -0.1) is 0 Å². The molecule has 1 aromatic rings. The molecule has 0 radical (unpaired) electrons. The van der Waals surface area contributed by atoms with Crippen LogP contribution in [0.1, 0.15) is 11.1 Å². The van der Waals surface area contributed by atoms with Crippen LogP contribution in [0.4, 0.5) is 0 Å². The van der Waals surface area contributed by atoms with Crippen molar-refractivity contribution in [2.24, 2.45) is 0 Å². The fraction of sp³-hybridized carbons (Fsp3) is 0.571. The number of phenolic OH excluding ortho intramolecular Hbond substituents is 2. The molecule has 6 heteroatoms. The molecule has 0 amide bonds. The lowest BCUT2D eigenvalue weighted by atomic mass is 10.1. The Bertz CT molecular complexity index is 385. The monoisotopic (exact) mass is 284 g/mol. The van der Waals surface area contributed by atoms with Gasteiger partial charge in [0, 0.05) is 17.2 Å². The Hall–Kier alpha value is -1.34. The fourth-order valence-electron chi connectivity index (χ4n) is 1.83. The topological polar surface area (TPSA) is 77.4 Å². The van der Waals surface area contributed by atoms with Gasteiger partial charge in [-0.3, -0.25) is 0 Å². The summed E-state index contributed by atoms with van der Waals surface area (Å²) in [5.74, 6) is 0.0274. The smallest absolute Gasteiger partial charge is 0.124 e. The molecule has 1 aromatic carbocycles. The summed E-state index contributed by atoms with van der Waals surface area (Å²) in [6.45, 7) is 3.39. The van der Waals surface area contributed by atoms with Crippen molar-refractivity contribution in [2.75, 3.05) is 39.6 Å². The van der Waals surface area contributed by atoms with E-state index < -0.39 is 0 Å². The molecule has 0 fully saturated rings. The molecule has 2 N–H and O–H groups in total. The van der Waals surface area contributed by atoms with Crippen LogP contribution in [0.15, 0.2) is 12.1 Å². The Morgan fingerprint density at radius 3 is 1.45 bits per heavy atom. The lowest BCUT2D eigenvalue weighted by Gasteiger charge is -2.11. The number of aromatic hydroxyl groups is 2. The van der Waals surface area contributed by atoms with E-state index in [1.165, 1.54) is 6.07 Å². The summed E-state index contributed by atoms with van der Waals surface area (Å²) in [6.07, 6.45) is 0. The Balaban J connectivity index is 2.03. The second kappa shape index (κ2) is 8.06. The van der Waals surface area contributed by atoms with Crippen LogP contribution < -0.4 is 0 Å². The summed E-state index contributed by atoms with van der Waals surface area (Å²) in [6, 6.07) is 2.99. The van der Waals surface area contributed by atoms with Crippen LogP contribution in [0.5, 0.6) is 11.5 Å². The van der Waals surface area contributed by atoms with E-state index in [0.29, 0.717) is 50.8 Å². The van der Waals surface area contributed by atoms with Crippen molar-refractivity contribution in [1.82, 2.24) is 0 Å². The molecule has 0 atom stereocenters. The van der Waals surface area contributed by atoms with Gasteiger partial charge < -0.3 is 29.2 Å². The molecule has 0 spiro atoms. The summed E-state index contributed by atoms with van der Waals surface area (Å²) in [5, 5.41) is 19.5. The first-order valence-corrected chi connectivity index (χ1v) is 6.62. The van der Waals surface area contributed by atoms with Crippen molar-refractivity contribution in [2.45, 2.75) is 13.2 Å². The minimum atomic E-state index is 0.0137. The van der Waals surface area contributed by atoms with Gasteiger partial charge in [-0.2, -0.15) is 0 Å². The molecule has 20 heavy (non-hydrogen) atoms. The van der Waals surface area contributed by atoms with Crippen LogP contribution in [0, 0.1) is 0 Å². The summed E-state index contributed by atoms with van der Waals surface area (Å²) in [4.78, 5) is 0. The van der Waals surface area contributed by atoms with Crippen molar-refractivity contribution in [3.8, 4) is 11.5 Å². The number of fused-ring (bicyclic) bond motifs is 2. The minimum Gasteiger partial charge on any atom is -0.507 e. The van der Waals surface area contributed by atoms with Crippen molar-refractivity contribution < 1.29 is 29.2 Å². The number of benzene rings is 1. The highest BCUT2D eigenvalue weighted by Gasteiger charge is 2.09. The molecule has 6 nitrogen and oxygen atoms in total. The molecule has 0 saturated carbocycles. The molecule has 2 rings (SSSR count). The largest absolute Gasteiger partial charge is 0.507 e. The lowest BCUT2D eigenvalue weighted by molar-refractivity contribution is -0.00544. The van der Waals surface area contributed by atoms with E-state index >= 15 is 0 Å². The van der Waals surface area contributed by atoms with E-state index in [9.17, 15) is 10.2 Å². The Labute approximate surface area is 117 Å². The zero-order valence-corrected chi connectivity index (χ0v) is 11.3. The molecule has 0 aromatic heterocycles. The maximum Gasteiger partial charge on any atom is 0.124 e. The van der Waals surface area contributed by atoms with Crippen molar-refractivity contribution in [1.29, 1.82) is 0 Å². The first kappa shape index (κ1) is 15.1. The van der Waals surface area contributed by atoms with E-state index in [1.54, 1.807) is 6.07 Å². The van der Waals surface area contributed by atoms with Crippen LogP contribution in [0.3, 0.4) is 0 Å². The second-order valence-electron chi connectivity index (χ2n) is 4.44. The van der Waals surface area contributed by atoms with E-state index in [1.807, 2.05) is 0 Å². The van der Waals surface area contributed by atoms with Crippen molar-refractivity contribution >= 4 is 0 Å². The predicted molar refractivity (Wildman–Crippen MR) is 70.7 cm³/mol. The third-order valence-electron chi connectivity index (χ3n) is 2.91. The highest BCUT2D eigenvalue weighted by atomic mass is 16.6.